The first kappa shape index (κ1) is 17.7. The maximum Gasteiger partial charge on any atom is 0.221 e. The van der Waals surface area contributed by atoms with E-state index in [4.69, 9.17) is 16.0 Å². The molecular formula is C21H16ClNO3. The van der Waals surface area contributed by atoms with Crippen LogP contribution in [0.5, 0.6) is 0 Å². The third-order valence-corrected chi connectivity index (χ3v) is 3.86. The van der Waals surface area contributed by atoms with Gasteiger partial charge in [-0.1, -0.05) is 23.7 Å². The van der Waals surface area contributed by atoms with E-state index in [0.717, 1.165) is 5.56 Å². The number of amides is 1. The van der Waals surface area contributed by atoms with Crippen molar-refractivity contribution in [2.75, 3.05) is 5.32 Å². The van der Waals surface area contributed by atoms with E-state index in [2.05, 4.69) is 5.32 Å². The van der Waals surface area contributed by atoms with E-state index in [1.807, 2.05) is 24.3 Å². The monoisotopic (exact) mass is 365 g/mol. The maximum absolute atomic E-state index is 12.2. The molecule has 0 aliphatic rings. The van der Waals surface area contributed by atoms with Crippen LogP contribution < -0.4 is 5.32 Å². The molecule has 0 aliphatic heterocycles. The topological polar surface area (TPSA) is 59.3 Å². The SMILES string of the molecule is CC(=O)Nc1ccc(C(=O)/C=C/c2ccc(-c3cccc(Cl)c3)o2)cc1. The molecule has 1 aromatic heterocycles. The van der Waals surface area contributed by atoms with Gasteiger partial charge >= 0.3 is 0 Å². The number of hydrogen-bond donors (Lipinski definition) is 1. The van der Waals surface area contributed by atoms with Gasteiger partial charge in [-0.15, -0.1) is 0 Å². The molecule has 1 heterocycles. The summed E-state index contributed by atoms with van der Waals surface area (Å²) >= 11 is 5.99. The molecule has 3 rings (SSSR count). The van der Waals surface area contributed by atoms with Crippen molar-refractivity contribution in [2.24, 2.45) is 0 Å². The number of ketones is 1. The molecule has 0 bridgehead atoms. The zero-order valence-corrected chi connectivity index (χ0v) is 14.8. The van der Waals surface area contributed by atoms with Gasteiger partial charge in [-0.25, -0.2) is 0 Å². The summed E-state index contributed by atoms with van der Waals surface area (Å²) in [6.07, 6.45) is 3.08. The standard InChI is InChI=1S/C21H16ClNO3/c1-14(24)23-18-7-5-15(6-8-18)20(25)11-9-19-10-12-21(26-19)16-3-2-4-17(22)13-16/h2-13H,1H3,(H,23,24)/b11-9+. The molecule has 2 aromatic carbocycles. The van der Waals surface area contributed by atoms with Gasteiger partial charge in [0.2, 0.25) is 5.91 Å². The van der Waals surface area contributed by atoms with Crippen LogP contribution in [-0.2, 0) is 4.79 Å². The molecule has 0 aliphatic carbocycles. The van der Waals surface area contributed by atoms with E-state index in [9.17, 15) is 9.59 Å². The van der Waals surface area contributed by atoms with Crippen molar-refractivity contribution in [1.29, 1.82) is 0 Å². The van der Waals surface area contributed by atoms with Crippen LogP contribution in [0.4, 0.5) is 5.69 Å². The number of hydrogen-bond acceptors (Lipinski definition) is 3. The van der Waals surface area contributed by atoms with Crippen LogP contribution in [0.25, 0.3) is 17.4 Å². The predicted octanol–water partition coefficient (Wildman–Crippen LogP) is 5.45. The Balaban J connectivity index is 1.70. The van der Waals surface area contributed by atoms with Gasteiger partial charge in [0, 0.05) is 28.8 Å². The molecule has 0 spiro atoms. The molecule has 0 radical (unpaired) electrons. The van der Waals surface area contributed by atoms with Gasteiger partial charge in [0.15, 0.2) is 5.78 Å². The van der Waals surface area contributed by atoms with Crippen molar-refractivity contribution in [2.45, 2.75) is 6.92 Å². The summed E-state index contributed by atoms with van der Waals surface area (Å²) < 4.78 is 5.73. The largest absolute Gasteiger partial charge is 0.457 e. The van der Waals surface area contributed by atoms with Crippen molar-refractivity contribution < 1.29 is 14.0 Å². The number of nitrogens with one attached hydrogen (secondary N) is 1. The second-order valence-electron chi connectivity index (χ2n) is 5.67. The van der Waals surface area contributed by atoms with Gasteiger partial charge in [-0.2, -0.15) is 0 Å². The average molecular weight is 366 g/mol. The molecule has 3 aromatic rings. The number of rotatable bonds is 5. The van der Waals surface area contributed by atoms with Crippen molar-refractivity contribution in [3.63, 3.8) is 0 Å². The summed E-state index contributed by atoms with van der Waals surface area (Å²) in [6, 6.07) is 17.7. The first-order valence-corrected chi connectivity index (χ1v) is 8.35. The van der Waals surface area contributed by atoms with Gasteiger partial charge in [0.05, 0.1) is 0 Å². The van der Waals surface area contributed by atoms with Crippen LogP contribution in [0.15, 0.2) is 71.2 Å². The lowest BCUT2D eigenvalue weighted by atomic mass is 10.1. The van der Waals surface area contributed by atoms with E-state index in [1.165, 1.54) is 13.0 Å². The Morgan fingerprint density at radius 3 is 2.50 bits per heavy atom. The maximum atomic E-state index is 12.2. The molecule has 4 nitrogen and oxygen atoms in total. The lowest BCUT2D eigenvalue weighted by Gasteiger charge is -2.02. The molecular weight excluding hydrogens is 350 g/mol. The van der Waals surface area contributed by atoms with E-state index < -0.39 is 0 Å². The van der Waals surface area contributed by atoms with Gasteiger partial charge < -0.3 is 9.73 Å². The predicted molar refractivity (Wildman–Crippen MR) is 103 cm³/mol. The molecule has 0 saturated heterocycles. The fourth-order valence-electron chi connectivity index (χ4n) is 2.41. The Morgan fingerprint density at radius 2 is 1.81 bits per heavy atom. The molecule has 1 amide bonds. The van der Waals surface area contributed by atoms with Crippen LogP contribution in [0, 0.1) is 0 Å². The highest BCUT2D eigenvalue weighted by atomic mass is 35.5. The average Bonchev–Trinajstić information content (AvgIpc) is 3.09. The zero-order chi connectivity index (χ0) is 18.5. The summed E-state index contributed by atoms with van der Waals surface area (Å²) in [5, 5.41) is 3.29. The minimum absolute atomic E-state index is 0.153. The molecule has 26 heavy (non-hydrogen) atoms. The van der Waals surface area contributed by atoms with Crippen molar-refractivity contribution in [1.82, 2.24) is 0 Å². The van der Waals surface area contributed by atoms with Crippen LogP contribution >= 0.6 is 11.6 Å². The third-order valence-electron chi connectivity index (χ3n) is 3.62. The minimum atomic E-state index is -0.155. The first-order chi connectivity index (χ1) is 12.5. The number of anilines is 1. The Morgan fingerprint density at radius 1 is 1.04 bits per heavy atom. The number of carbonyl (C=O) groups is 2. The minimum Gasteiger partial charge on any atom is -0.457 e. The van der Waals surface area contributed by atoms with E-state index in [-0.39, 0.29) is 11.7 Å². The molecule has 0 unspecified atom stereocenters. The Kier molecular flexibility index (Phi) is 5.34. The Labute approximate surface area is 156 Å². The molecule has 5 heteroatoms. The number of halogens is 1. The fraction of sp³-hybridized carbons (Fsp3) is 0.0476. The number of furan rings is 1. The summed E-state index contributed by atoms with van der Waals surface area (Å²) in [5.74, 6) is 0.944. The van der Waals surface area contributed by atoms with Crippen molar-refractivity contribution >= 4 is 35.1 Å². The summed E-state index contributed by atoms with van der Waals surface area (Å²) in [5.41, 5.74) is 2.05. The van der Waals surface area contributed by atoms with Gasteiger partial charge in [-0.05, 0) is 60.7 Å². The summed E-state index contributed by atoms with van der Waals surface area (Å²) in [4.78, 5) is 23.2. The summed E-state index contributed by atoms with van der Waals surface area (Å²) in [6.45, 7) is 1.43. The van der Waals surface area contributed by atoms with Crippen LogP contribution in [0.2, 0.25) is 5.02 Å². The Hall–Kier alpha value is -3.11. The lowest BCUT2D eigenvalue weighted by molar-refractivity contribution is -0.114. The van der Waals surface area contributed by atoms with Crippen LogP contribution in [0.1, 0.15) is 23.0 Å². The lowest BCUT2D eigenvalue weighted by Crippen LogP contribution is -2.05. The molecule has 1 N–H and O–H groups in total. The normalized spacial score (nSPS) is 10.8. The third kappa shape index (κ3) is 4.49. The highest BCUT2D eigenvalue weighted by Gasteiger charge is 2.06. The van der Waals surface area contributed by atoms with Crippen LogP contribution in [-0.4, -0.2) is 11.7 Å². The number of allylic oxidation sites excluding steroid dienone is 1. The molecule has 0 atom stereocenters. The smallest absolute Gasteiger partial charge is 0.221 e. The van der Waals surface area contributed by atoms with E-state index in [1.54, 1.807) is 42.5 Å². The van der Waals surface area contributed by atoms with Crippen molar-refractivity contribution in [3.8, 4) is 11.3 Å². The highest BCUT2D eigenvalue weighted by molar-refractivity contribution is 6.30. The first-order valence-electron chi connectivity index (χ1n) is 7.97. The van der Waals surface area contributed by atoms with E-state index in [0.29, 0.717) is 27.8 Å². The summed E-state index contributed by atoms with van der Waals surface area (Å²) in [7, 11) is 0. The van der Waals surface area contributed by atoms with Gasteiger partial charge in [-0.3, -0.25) is 9.59 Å². The van der Waals surface area contributed by atoms with Gasteiger partial charge in [0.1, 0.15) is 11.5 Å². The Bertz CT molecular complexity index is 971. The zero-order valence-electron chi connectivity index (χ0n) is 14.0. The quantitative estimate of drug-likeness (QED) is 0.482. The van der Waals surface area contributed by atoms with E-state index >= 15 is 0 Å². The van der Waals surface area contributed by atoms with Gasteiger partial charge in [0.25, 0.3) is 0 Å². The molecule has 0 saturated carbocycles. The highest BCUT2D eigenvalue weighted by Crippen LogP contribution is 2.25. The second kappa shape index (κ2) is 7.85. The second-order valence-corrected chi connectivity index (χ2v) is 6.10. The molecule has 0 fully saturated rings. The number of carbonyl (C=O) groups excluding carboxylic acids is 2. The number of benzene rings is 2. The van der Waals surface area contributed by atoms with Crippen molar-refractivity contribution in [3.05, 3.63) is 83.1 Å². The fourth-order valence-corrected chi connectivity index (χ4v) is 2.60. The van der Waals surface area contributed by atoms with Crippen LogP contribution in [0.3, 0.4) is 0 Å². The molecule has 130 valence electrons.